The molecule has 1 aliphatic heterocycles. The van der Waals surface area contributed by atoms with Gasteiger partial charge in [0.05, 0.1) is 5.52 Å². The van der Waals surface area contributed by atoms with E-state index in [2.05, 4.69) is 47.5 Å². The van der Waals surface area contributed by atoms with Crippen LogP contribution in [0.2, 0.25) is 0 Å². The van der Waals surface area contributed by atoms with Gasteiger partial charge in [0.25, 0.3) is 0 Å². The lowest BCUT2D eigenvalue weighted by Gasteiger charge is -2.19. The largest absolute Gasteiger partial charge is 0.356 e. The number of pyridine rings is 1. The second-order valence-electron chi connectivity index (χ2n) is 6.08. The molecule has 2 aromatic rings. The molecular formula is C18H25N3. The molecule has 0 saturated carbocycles. The second kappa shape index (κ2) is 6.44. The van der Waals surface area contributed by atoms with E-state index >= 15 is 0 Å². The summed E-state index contributed by atoms with van der Waals surface area (Å²) in [4.78, 5) is 7.36. The number of fused-ring (bicyclic) bond motifs is 1. The van der Waals surface area contributed by atoms with Crippen molar-refractivity contribution in [3.8, 4) is 0 Å². The van der Waals surface area contributed by atoms with Crippen LogP contribution in [0.1, 0.15) is 31.7 Å². The molecule has 21 heavy (non-hydrogen) atoms. The van der Waals surface area contributed by atoms with Gasteiger partial charge in [-0.2, -0.15) is 0 Å². The Hall–Kier alpha value is -1.61. The summed E-state index contributed by atoms with van der Waals surface area (Å²) in [5, 5.41) is 4.54. The summed E-state index contributed by atoms with van der Waals surface area (Å²) in [6, 6.07) is 10.7. The van der Waals surface area contributed by atoms with Crippen molar-refractivity contribution in [1.82, 2.24) is 10.3 Å². The predicted octanol–water partition coefficient (Wildman–Crippen LogP) is 3.58. The Bertz CT molecular complexity index is 608. The zero-order valence-electron chi connectivity index (χ0n) is 13.1. The predicted molar refractivity (Wildman–Crippen MR) is 89.7 cm³/mol. The molecule has 112 valence electrons. The minimum atomic E-state index is 0.844. The number of hydrogen-bond donors (Lipinski definition) is 1. The number of hydrogen-bond acceptors (Lipinski definition) is 3. The summed E-state index contributed by atoms with van der Waals surface area (Å²) < 4.78 is 0. The third-order valence-electron chi connectivity index (χ3n) is 4.46. The first-order chi connectivity index (χ1) is 10.3. The lowest BCUT2D eigenvalue weighted by atomic mass is 10.0. The van der Waals surface area contributed by atoms with Crippen molar-refractivity contribution in [2.24, 2.45) is 5.92 Å². The van der Waals surface area contributed by atoms with Crippen molar-refractivity contribution in [3.63, 3.8) is 0 Å². The normalized spacial score (nSPS) is 18.6. The molecule has 3 heteroatoms. The van der Waals surface area contributed by atoms with Gasteiger partial charge in [-0.15, -0.1) is 0 Å². The topological polar surface area (TPSA) is 28.2 Å². The van der Waals surface area contributed by atoms with Crippen molar-refractivity contribution >= 4 is 16.7 Å². The van der Waals surface area contributed by atoms with Gasteiger partial charge in [-0.25, -0.2) is 4.98 Å². The molecule has 0 aliphatic carbocycles. The summed E-state index contributed by atoms with van der Waals surface area (Å²) in [5.74, 6) is 1.99. The minimum absolute atomic E-state index is 0.844. The van der Waals surface area contributed by atoms with E-state index in [1.54, 1.807) is 0 Å². The van der Waals surface area contributed by atoms with Crippen LogP contribution in [0.5, 0.6) is 0 Å². The smallest absolute Gasteiger partial charge is 0.129 e. The van der Waals surface area contributed by atoms with Crippen LogP contribution in [0.15, 0.2) is 30.3 Å². The van der Waals surface area contributed by atoms with Gasteiger partial charge in [-0.1, -0.05) is 31.5 Å². The van der Waals surface area contributed by atoms with Crippen LogP contribution in [0, 0.1) is 5.92 Å². The van der Waals surface area contributed by atoms with Gasteiger partial charge in [0.2, 0.25) is 0 Å². The van der Waals surface area contributed by atoms with Crippen LogP contribution < -0.4 is 10.2 Å². The maximum absolute atomic E-state index is 4.89. The van der Waals surface area contributed by atoms with Gasteiger partial charge in [0.15, 0.2) is 0 Å². The van der Waals surface area contributed by atoms with Crippen LogP contribution in [-0.2, 0) is 6.54 Å². The molecule has 0 bridgehead atoms. The number of nitrogens with zero attached hydrogens (tertiary/aromatic N) is 2. The van der Waals surface area contributed by atoms with Crippen LogP contribution in [-0.4, -0.2) is 25.1 Å². The number of aromatic nitrogens is 1. The van der Waals surface area contributed by atoms with Gasteiger partial charge in [0, 0.05) is 25.0 Å². The molecule has 0 spiro atoms. The molecule has 3 nitrogen and oxygen atoms in total. The maximum Gasteiger partial charge on any atom is 0.129 e. The molecule has 0 amide bonds. The molecule has 1 fully saturated rings. The molecule has 1 N–H and O–H groups in total. The summed E-state index contributed by atoms with van der Waals surface area (Å²) in [6.45, 7) is 5.48. The molecule has 3 rings (SSSR count). The first-order valence-electron chi connectivity index (χ1n) is 8.10. The van der Waals surface area contributed by atoms with Gasteiger partial charge in [-0.05, 0) is 43.5 Å². The standard InChI is InChI=1S/C18H25N3/c1-3-6-14-9-10-21(13-14)18-11-15(12-19-2)16-7-4-5-8-17(16)20-18/h4-5,7-8,11,14,19H,3,6,9-10,12-13H2,1-2H3. The second-order valence-corrected chi connectivity index (χ2v) is 6.08. The fourth-order valence-electron chi connectivity index (χ4n) is 3.42. The highest BCUT2D eigenvalue weighted by Gasteiger charge is 2.23. The molecular weight excluding hydrogens is 258 g/mol. The van der Waals surface area contributed by atoms with Crippen LogP contribution in [0.25, 0.3) is 10.9 Å². The SMILES string of the molecule is CCCC1CCN(c2cc(CNC)c3ccccc3n2)C1. The Kier molecular flexibility index (Phi) is 4.39. The number of para-hydroxylation sites is 1. The molecule has 1 saturated heterocycles. The van der Waals surface area contributed by atoms with Crippen molar-refractivity contribution in [2.45, 2.75) is 32.7 Å². The Balaban J connectivity index is 1.92. The Morgan fingerprint density at radius 2 is 2.19 bits per heavy atom. The zero-order valence-corrected chi connectivity index (χ0v) is 13.1. The van der Waals surface area contributed by atoms with E-state index in [1.807, 2.05) is 7.05 Å². The highest BCUT2D eigenvalue weighted by molar-refractivity contribution is 5.84. The maximum atomic E-state index is 4.89. The van der Waals surface area contributed by atoms with Crippen molar-refractivity contribution in [3.05, 3.63) is 35.9 Å². The molecule has 1 aromatic carbocycles. The van der Waals surface area contributed by atoms with E-state index < -0.39 is 0 Å². The Labute approximate surface area is 127 Å². The fourth-order valence-corrected chi connectivity index (χ4v) is 3.42. The number of nitrogens with one attached hydrogen (secondary N) is 1. The molecule has 0 radical (unpaired) electrons. The van der Waals surface area contributed by atoms with Gasteiger partial charge < -0.3 is 10.2 Å². The van der Waals surface area contributed by atoms with E-state index in [0.717, 1.165) is 36.9 Å². The van der Waals surface area contributed by atoms with E-state index in [0.29, 0.717) is 0 Å². The average Bonchev–Trinajstić information content (AvgIpc) is 2.96. The van der Waals surface area contributed by atoms with Crippen LogP contribution in [0.3, 0.4) is 0 Å². The van der Waals surface area contributed by atoms with Gasteiger partial charge in [0.1, 0.15) is 5.82 Å². The highest BCUT2D eigenvalue weighted by atomic mass is 15.2. The first-order valence-corrected chi connectivity index (χ1v) is 8.10. The molecule has 1 aliphatic rings. The molecule has 1 aromatic heterocycles. The third-order valence-corrected chi connectivity index (χ3v) is 4.46. The third kappa shape index (κ3) is 3.03. The summed E-state index contributed by atoms with van der Waals surface area (Å²) in [7, 11) is 2.00. The lowest BCUT2D eigenvalue weighted by molar-refractivity contribution is 0.529. The number of benzene rings is 1. The molecule has 1 atom stereocenters. The monoisotopic (exact) mass is 283 g/mol. The summed E-state index contributed by atoms with van der Waals surface area (Å²) in [5.41, 5.74) is 2.45. The highest BCUT2D eigenvalue weighted by Crippen LogP contribution is 2.28. The average molecular weight is 283 g/mol. The van der Waals surface area contributed by atoms with Crippen molar-refractivity contribution < 1.29 is 0 Å². The summed E-state index contributed by atoms with van der Waals surface area (Å²) in [6.07, 6.45) is 3.94. The van der Waals surface area contributed by atoms with Crippen LogP contribution in [0.4, 0.5) is 5.82 Å². The van der Waals surface area contributed by atoms with Gasteiger partial charge >= 0.3 is 0 Å². The molecule has 1 unspecified atom stereocenters. The van der Waals surface area contributed by atoms with E-state index in [1.165, 1.54) is 30.2 Å². The molecule has 2 heterocycles. The van der Waals surface area contributed by atoms with E-state index in [-0.39, 0.29) is 0 Å². The lowest BCUT2D eigenvalue weighted by Crippen LogP contribution is -2.21. The van der Waals surface area contributed by atoms with E-state index in [4.69, 9.17) is 4.98 Å². The fraction of sp³-hybridized carbons (Fsp3) is 0.500. The number of rotatable bonds is 5. The minimum Gasteiger partial charge on any atom is -0.356 e. The first kappa shape index (κ1) is 14.3. The van der Waals surface area contributed by atoms with Crippen LogP contribution >= 0.6 is 0 Å². The zero-order chi connectivity index (χ0) is 14.7. The quantitative estimate of drug-likeness (QED) is 0.909. The van der Waals surface area contributed by atoms with E-state index in [9.17, 15) is 0 Å². The Morgan fingerprint density at radius 3 is 3.00 bits per heavy atom. The van der Waals surface area contributed by atoms with Crippen molar-refractivity contribution in [1.29, 1.82) is 0 Å². The summed E-state index contributed by atoms with van der Waals surface area (Å²) >= 11 is 0. The van der Waals surface area contributed by atoms with Gasteiger partial charge in [-0.3, -0.25) is 0 Å². The number of anilines is 1. The van der Waals surface area contributed by atoms with Crippen molar-refractivity contribution in [2.75, 3.05) is 25.0 Å². The Morgan fingerprint density at radius 1 is 1.33 bits per heavy atom.